The van der Waals surface area contributed by atoms with Crippen molar-refractivity contribution in [3.8, 4) is 0 Å². The Morgan fingerprint density at radius 3 is 2.17 bits per heavy atom. The smallest absolute Gasteiger partial charge is 0.337 e. The minimum Gasteiger partial charge on any atom is -0.478 e. The molecule has 0 saturated carbocycles. The summed E-state index contributed by atoms with van der Waals surface area (Å²) in [6, 6.07) is 3.46. The van der Waals surface area contributed by atoms with Gasteiger partial charge in [-0.25, -0.2) is 9.59 Å². The van der Waals surface area contributed by atoms with Crippen LogP contribution in [0.1, 0.15) is 34.6 Å². The SMILES string of the molecule is CC(C)C(=O)Nc1cc(C(=O)O)ccc1C(=O)O. The molecule has 1 aromatic carbocycles. The molecular weight excluding hydrogens is 238 g/mol. The first-order valence-electron chi connectivity index (χ1n) is 5.24. The lowest BCUT2D eigenvalue weighted by molar-refractivity contribution is -0.118. The van der Waals surface area contributed by atoms with Gasteiger partial charge in [-0.1, -0.05) is 13.8 Å². The van der Waals surface area contributed by atoms with Crippen molar-refractivity contribution >= 4 is 23.5 Å². The normalized spacial score (nSPS) is 10.2. The third-order valence-electron chi connectivity index (χ3n) is 2.28. The Morgan fingerprint density at radius 2 is 1.72 bits per heavy atom. The van der Waals surface area contributed by atoms with Crippen LogP contribution in [0.3, 0.4) is 0 Å². The predicted octanol–water partition coefficient (Wildman–Crippen LogP) is 1.68. The van der Waals surface area contributed by atoms with E-state index in [0.29, 0.717) is 0 Å². The number of carboxylic acid groups (broad SMARTS) is 2. The Hall–Kier alpha value is -2.37. The van der Waals surface area contributed by atoms with Gasteiger partial charge in [-0.15, -0.1) is 0 Å². The van der Waals surface area contributed by atoms with E-state index in [0.717, 1.165) is 12.1 Å². The average Bonchev–Trinajstić information content (AvgIpc) is 2.28. The van der Waals surface area contributed by atoms with Gasteiger partial charge in [-0.3, -0.25) is 4.79 Å². The summed E-state index contributed by atoms with van der Waals surface area (Å²) in [5.74, 6) is -3.13. The Balaban J connectivity index is 3.19. The van der Waals surface area contributed by atoms with Crippen LogP contribution in [-0.4, -0.2) is 28.1 Å². The highest BCUT2D eigenvalue weighted by Gasteiger charge is 2.16. The number of amides is 1. The van der Waals surface area contributed by atoms with E-state index in [9.17, 15) is 14.4 Å². The third kappa shape index (κ3) is 3.07. The summed E-state index contributed by atoms with van der Waals surface area (Å²) in [5.41, 5.74) is -0.242. The second-order valence-electron chi connectivity index (χ2n) is 4.01. The first kappa shape index (κ1) is 13.7. The lowest BCUT2D eigenvalue weighted by Crippen LogP contribution is -2.20. The number of nitrogens with one attached hydrogen (secondary N) is 1. The molecule has 96 valence electrons. The van der Waals surface area contributed by atoms with Crippen molar-refractivity contribution in [3.63, 3.8) is 0 Å². The van der Waals surface area contributed by atoms with Gasteiger partial charge in [0.2, 0.25) is 5.91 Å². The summed E-state index contributed by atoms with van der Waals surface area (Å²) in [5, 5.41) is 20.2. The van der Waals surface area contributed by atoms with Crippen molar-refractivity contribution in [2.45, 2.75) is 13.8 Å². The molecule has 1 amide bonds. The van der Waals surface area contributed by atoms with Crippen LogP contribution in [0.25, 0.3) is 0 Å². The average molecular weight is 251 g/mol. The molecule has 0 aliphatic carbocycles. The summed E-state index contributed by atoms with van der Waals surface area (Å²) < 4.78 is 0. The fourth-order valence-corrected chi connectivity index (χ4v) is 1.24. The second kappa shape index (κ2) is 5.31. The molecule has 0 saturated heterocycles. The van der Waals surface area contributed by atoms with Crippen molar-refractivity contribution in [2.24, 2.45) is 5.92 Å². The molecule has 0 aliphatic heterocycles. The summed E-state index contributed by atoms with van der Waals surface area (Å²) in [4.78, 5) is 33.3. The summed E-state index contributed by atoms with van der Waals surface area (Å²) in [6.07, 6.45) is 0. The van der Waals surface area contributed by atoms with Gasteiger partial charge in [0.1, 0.15) is 0 Å². The highest BCUT2D eigenvalue weighted by Crippen LogP contribution is 2.19. The Morgan fingerprint density at radius 1 is 1.11 bits per heavy atom. The van der Waals surface area contributed by atoms with E-state index in [2.05, 4.69) is 5.32 Å². The molecule has 18 heavy (non-hydrogen) atoms. The topological polar surface area (TPSA) is 104 Å². The van der Waals surface area contributed by atoms with Crippen LogP contribution in [0.15, 0.2) is 18.2 Å². The van der Waals surface area contributed by atoms with E-state index in [4.69, 9.17) is 10.2 Å². The highest BCUT2D eigenvalue weighted by molar-refractivity contribution is 6.03. The van der Waals surface area contributed by atoms with E-state index in [1.54, 1.807) is 13.8 Å². The quantitative estimate of drug-likeness (QED) is 0.755. The number of aromatic carboxylic acids is 2. The van der Waals surface area contributed by atoms with Gasteiger partial charge in [-0.2, -0.15) is 0 Å². The van der Waals surface area contributed by atoms with Gasteiger partial charge in [-0.05, 0) is 18.2 Å². The number of hydrogen-bond acceptors (Lipinski definition) is 3. The molecule has 6 nitrogen and oxygen atoms in total. The number of anilines is 1. The first-order chi connectivity index (χ1) is 8.32. The van der Waals surface area contributed by atoms with Crippen molar-refractivity contribution in [3.05, 3.63) is 29.3 Å². The summed E-state index contributed by atoms with van der Waals surface area (Å²) >= 11 is 0. The van der Waals surface area contributed by atoms with Crippen LogP contribution in [0, 0.1) is 5.92 Å². The molecule has 1 rings (SSSR count). The Kier molecular flexibility index (Phi) is 4.04. The lowest BCUT2D eigenvalue weighted by atomic mass is 10.1. The standard InChI is InChI=1S/C12H13NO5/c1-6(2)10(14)13-9-5-7(11(15)16)3-4-8(9)12(17)18/h3-6H,1-2H3,(H,13,14)(H,15,16)(H,17,18). The van der Waals surface area contributed by atoms with E-state index in [-0.39, 0.29) is 28.6 Å². The zero-order valence-corrected chi connectivity index (χ0v) is 9.93. The monoisotopic (exact) mass is 251 g/mol. The third-order valence-corrected chi connectivity index (χ3v) is 2.28. The number of benzene rings is 1. The molecule has 0 unspecified atom stereocenters. The fourth-order valence-electron chi connectivity index (χ4n) is 1.24. The molecule has 0 radical (unpaired) electrons. The van der Waals surface area contributed by atoms with E-state index in [1.807, 2.05) is 0 Å². The van der Waals surface area contributed by atoms with Gasteiger partial charge in [0, 0.05) is 5.92 Å². The van der Waals surface area contributed by atoms with Crippen LogP contribution < -0.4 is 5.32 Å². The van der Waals surface area contributed by atoms with E-state index in [1.165, 1.54) is 6.07 Å². The van der Waals surface area contributed by atoms with Gasteiger partial charge in [0.05, 0.1) is 16.8 Å². The van der Waals surface area contributed by atoms with Crippen LogP contribution in [0.5, 0.6) is 0 Å². The molecule has 0 aliphatic rings. The maximum absolute atomic E-state index is 11.5. The minimum atomic E-state index is -1.23. The zero-order valence-electron chi connectivity index (χ0n) is 9.93. The van der Waals surface area contributed by atoms with Gasteiger partial charge < -0.3 is 15.5 Å². The molecule has 1 aromatic rings. The first-order valence-corrected chi connectivity index (χ1v) is 5.24. The van der Waals surface area contributed by atoms with Gasteiger partial charge >= 0.3 is 11.9 Å². The minimum absolute atomic E-state index is 0.0129. The van der Waals surface area contributed by atoms with Crippen LogP contribution in [-0.2, 0) is 4.79 Å². The van der Waals surface area contributed by atoms with Crippen molar-refractivity contribution < 1.29 is 24.6 Å². The number of hydrogen-bond donors (Lipinski definition) is 3. The molecule has 0 aromatic heterocycles. The maximum Gasteiger partial charge on any atom is 0.337 e. The van der Waals surface area contributed by atoms with Crippen LogP contribution in [0.2, 0.25) is 0 Å². The molecule has 0 atom stereocenters. The molecule has 0 bridgehead atoms. The van der Waals surface area contributed by atoms with Crippen molar-refractivity contribution in [2.75, 3.05) is 5.32 Å². The molecule has 0 heterocycles. The molecule has 0 spiro atoms. The maximum atomic E-state index is 11.5. The van der Waals surface area contributed by atoms with Gasteiger partial charge in [0.15, 0.2) is 0 Å². The van der Waals surface area contributed by atoms with Crippen LogP contribution in [0.4, 0.5) is 5.69 Å². The summed E-state index contributed by atoms with van der Waals surface area (Å²) in [6.45, 7) is 3.30. The van der Waals surface area contributed by atoms with E-state index < -0.39 is 11.9 Å². The molecule has 0 fully saturated rings. The number of carbonyl (C=O) groups is 3. The number of carboxylic acids is 2. The predicted molar refractivity (Wildman–Crippen MR) is 63.8 cm³/mol. The lowest BCUT2D eigenvalue weighted by Gasteiger charge is -2.11. The van der Waals surface area contributed by atoms with Gasteiger partial charge in [0.25, 0.3) is 0 Å². The largest absolute Gasteiger partial charge is 0.478 e. The fraction of sp³-hybridized carbons (Fsp3) is 0.250. The number of rotatable bonds is 4. The second-order valence-corrected chi connectivity index (χ2v) is 4.01. The van der Waals surface area contributed by atoms with E-state index >= 15 is 0 Å². The zero-order chi connectivity index (χ0) is 13.9. The molecule has 6 heteroatoms. The van der Waals surface area contributed by atoms with Crippen molar-refractivity contribution in [1.29, 1.82) is 0 Å². The van der Waals surface area contributed by atoms with Crippen LogP contribution >= 0.6 is 0 Å². The highest BCUT2D eigenvalue weighted by atomic mass is 16.4. The molecular formula is C12H13NO5. The Labute approximate surface area is 103 Å². The van der Waals surface area contributed by atoms with Crippen molar-refractivity contribution in [1.82, 2.24) is 0 Å². The Bertz CT molecular complexity index is 507. The number of carbonyl (C=O) groups excluding carboxylic acids is 1. The molecule has 3 N–H and O–H groups in total. The summed E-state index contributed by atoms with van der Waals surface area (Å²) in [7, 11) is 0.